The van der Waals surface area contributed by atoms with Crippen LogP contribution in [0.4, 0.5) is 0 Å². The molecule has 4 nitrogen and oxygen atoms in total. The SMILES string of the molecule is CCCCCCCCOC(CCCCCCCCCC=COCOCC)OCCCCCCCC. The van der Waals surface area contributed by atoms with Crippen molar-refractivity contribution < 1.29 is 18.9 Å². The van der Waals surface area contributed by atoms with Crippen molar-refractivity contribution in [1.82, 2.24) is 0 Å². The fourth-order valence-electron chi connectivity index (χ4n) is 4.17. The fraction of sp³-hybridized carbons (Fsp3) is 0.935. The highest BCUT2D eigenvalue weighted by Gasteiger charge is 2.09. The van der Waals surface area contributed by atoms with Crippen LogP contribution in [0.2, 0.25) is 0 Å². The molecule has 0 aromatic heterocycles. The van der Waals surface area contributed by atoms with Crippen LogP contribution >= 0.6 is 0 Å². The van der Waals surface area contributed by atoms with E-state index in [4.69, 9.17) is 18.9 Å². The molecule has 0 unspecified atom stereocenters. The molecule has 0 aromatic rings. The lowest BCUT2D eigenvalue weighted by Crippen LogP contribution is -2.19. The van der Waals surface area contributed by atoms with Crippen LogP contribution in [-0.4, -0.2) is 32.9 Å². The Balaban J connectivity index is 3.78. The quantitative estimate of drug-likeness (QED) is 0.0560. The van der Waals surface area contributed by atoms with Gasteiger partial charge in [0, 0.05) is 19.8 Å². The van der Waals surface area contributed by atoms with E-state index in [2.05, 4.69) is 19.9 Å². The Morgan fingerprint density at radius 2 is 1.03 bits per heavy atom. The van der Waals surface area contributed by atoms with E-state index in [1.54, 1.807) is 6.26 Å². The lowest BCUT2D eigenvalue weighted by Gasteiger charge is -2.19. The Bertz CT molecular complexity index is 381. The van der Waals surface area contributed by atoms with E-state index in [1.165, 1.54) is 122 Å². The molecule has 0 atom stereocenters. The summed E-state index contributed by atoms with van der Waals surface area (Å²) in [6, 6.07) is 0. The molecule has 0 rings (SSSR count). The molecule has 0 N–H and O–H groups in total. The summed E-state index contributed by atoms with van der Waals surface area (Å²) in [5.74, 6) is 0. The van der Waals surface area contributed by atoms with Crippen molar-refractivity contribution in [2.24, 2.45) is 0 Å². The van der Waals surface area contributed by atoms with Gasteiger partial charge < -0.3 is 18.9 Å². The second kappa shape index (κ2) is 31.4. The standard InChI is InChI=1S/C31H62O4/c1-4-7-9-11-20-24-28-34-31(35-29-25-21-12-10-8-5-2)26-22-18-16-14-13-15-17-19-23-27-33-30-32-6-3/h23,27,31H,4-22,24-26,28-30H2,1-3H3. The molecule has 0 aliphatic carbocycles. The smallest absolute Gasteiger partial charge is 0.188 e. The summed E-state index contributed by atoms with van der Waals surface area (Å²) < 4.78 is 22.7. The predicted molar refractivity (Wildman–Crippen MR) is 151 cm³/mol. The average molecular weight is 499 g/mol. The number of hydrogen-bond acceptors (Lipinski definition) is 4. The van der Waals surface area contributed by atoms with Gasteiger partial charge in [0.15, 0.2) is 13.1 Å². The molecule has 0 aromatic carbocycles. The van der Waals surface area contributed by atoms with Gasteiger partial charge in [-0.25, -0.2) is 0 Å². The van der Waals surface area contributed by atoms with Crippen LogP contribution in [0.5, 0.6) is 0 Å². The van der Waals surface area contributed by atoms with E-state index in [0.717, 1.165) is 26.1 Å². The molecule has 35 heavy (non-hydrogen) atoms. The molecule has 0 heterocycles. The van der Waals surface area contributed by atoms with E-state index in [9.17, 15) is 0 Å². The van der Waals surface area contributed by atoms with Crippen LogP contribution in [0.3, 0.4) is 0 Å². The molecule has 0 bridgehead atoms. The first kappa shape index (κ1) is 34.4. The minimum absolute atomic E-state index is 0.0121. The van der Waals surface area contributed by atoms with Crippen molar-refractivity contribution >= 4 is 0 Å². The van der Waals surface area contributed by atoms with E-state index >= 15 is 0 Å². The van der Waals surface area contributed by atoms with E-state index in [0.29, 0.717) is 13.4 Å². The molecule has 0 spiro atoms. The van der Waals surface area contributed by atoms with E-state index in [-0.39, 0.29) is 6.29 Å². The van der Waals surface area contributed by atoms with Gasteiger partial charge in [0.25, 0.3) is 0 Å². The van der Waals surface area contributed by atoms with E-state index < -0.39 is 0 Å². The lowest BCUT2D eigenvalue weighted by atomic mass is 10.1. The third-order valence-corrected chi connectivity index (χ3v) is 6.46. The summed E-state index contributed by atoms with van der Waals surface area (Å²) in [7, 11) is 0. The van der Waals surface area contributed by atoms with Gasteiger partial charge in [0.1, 0.15) is 0 Å². The highest BCUT2D eigenvalue weighted by atomic mass is 16.7. The molecule has 0 aliphatic rings. The van der Waals surface area contributed by atoms with Gasteiger partial charge >= 0.3 is 0 Å². The number of unbranched alkanes of at least 4 members (excludes halogenated alkanes) is 17. The van der Waals surface area contributed by atoms with Gasteiger partial charge in [0.2, 0.25) is 0 Å². The summed E-state index contributed by atoms with van der Waals surface area (Å²) in [5.41, 5.74) is 0. The maximum absolute atomic E-state index is 6.16. The largest absolute Gasteiger partial charge is 0.475 e. The van der Waals surface area contributed by atoms with Crippen LogP contribution in [0.15, 0.2) is 12.3 Å². The third-order valence-electron chi connectivity index (χ3n) is 6.46. The molecule has 0 aliphatic heterocycles. The van der Waals surface area contributed by atoms with Gasteiger partial charge in [-0.05, 0) is 51.5 Å². The summed E-state index contributed by atoms with van der Waals surface area (Å²) in [5, 5.41) is 0. The van der Waals surface area contributed by atoms with Crippen molar-refractivity contribution in [3.8, 4) is 0 Å². The molecule has 0 fully saturated rings. The van der Waals surface area contributed by atoms with Crippen molar-refractivity contribution in [3.05, 3.63) is 12.3 Å². The Hall–Kier alpha value is -0.580. The first-order valence-corrected chi connectivity index (χ1v) is 15.4. The Labute approximate surface area is 219 Å². The van der Waals surface area contributed by atoms with Gasteiger partial charge in [-0.15, -0.1) is 0 Å². The monoisotopic (exact) mass is 498 g/mol. The van der Waals surface area contributed by atoms with Crippen LogP contribution in [0.1, 0.15) is 156 Å². The Morgan fingerprint density at radius 3 is 1.57 bits per heavy atom. The minimum Gasteiger partial charge on any atom is -0.475 e. The van der Waals surface area contributed by atoms with E-state index in [1.807, 2.05) is 6.92 Å². The van der Waals surface area contributed by atoms with Gasteiger partial charge in [0.05, 0.1) is 6.26 Å². The van der Waals surface area contributed by atoms with Crippen LogP contribution in [0, 0.1) is 0 Å². The predicted octanol–water partition coefficient (Wildman–Crippen LogP) is 10.1. The number of rotatable bonds is 30. The Kier molecular flexibility index (Phi) is 30.9. The van der Waals surface area contributed by atoms with Gasteiger partial charge in [-0.3, -0.25) is 0 Å². The zero-order chi connectivity index (χ0) is 25.5. The minimum atomic E-state index is 0.0121. The van der Waals surface area contributed by atoms with Crippen LogP contribution in [0.25, 0.3) is 0 Å². The maximum Gasteiger partial charge on any atom is 0.188 e. The van der Waals surface area contributed by atoms with Crippen molar-refractivity contribution in [2.45, 2.75) is 162 Å². The Morgan fingerprint density at radius 1 is 0.543 bits per heavy atom. The summed E-state index contributed by atoms with van der Waals surface area (Å²) in [6.07, 6.45) is 30.8. The molecule has 0 amide bonds. The molecule has 210 valence electrons. The fourth-order valence-corrected chi connectivity index (χ4v) is 4.17. The average Bonchev–Trinajstić information content (AvgIpc) is 2.87. The first-order valence-electron chi connectivity index (χ1n) is 15.4. The number of hydrogen-bond donors (Lipinski definition) is 0. The normalized spacial score (nSPS) is 11.8. The van der Waals surface area contributed by atoms with Crippen molar-refractivity contribution in [1.29, 1.82) is 0 Å². The van der Waals surface area contributed by atoms with Gasteiger partial charge in [-0.1, -0.05) is 110 Å². The highest BCUT2D eigenvalue weighted by molar-refractivity contribution is 4.72. The third kappa shape index (κ3) is 29.5. The van der Waals surface area contributed by atoms with Crippen LogP contribution < -0.4 is 0 Å². The summed E-state index contributed by atoms with van der Waals surface area (Å²) in [6.45, 7) is 9.31. The van der Waals surface area contributed by atoms with Crippen LogP contribution in [-0.2, 0) is 18.9 Å². The topological polar surface area (TPSA) is 36.9 Å². The highest BCUT2D eigenvalue weighted by Crippen LogP contribution is 2.15. The zero-order valence-electron chi connectivity index (χ0n) is 24.0. The maximum atomic E-state index is 6.16. The molecule has 0 saturated carbocycles. The zero-order valence-corrected chi connectivity index (χ0v) is 24.0. The van der Waals surface area contributed by atoms with Crippen molar-refractivity contribution in [2.75, 3.05) is 26.6 Å². The second-order valence-corrected chi connectivity index (χ2v) is 9.91. The lowest BCUT2D eigenvalue weighted by molar-refractivity contribution is -0.148. The molecule has 0 saturated heterocycles. The summed E-state index contributed by atoms with van der Waals surface area (Å²) >= 11 is 0. The summed E-state index contributed by atoms with van der Waals surface area (Å²) in [4.78, 5) is 0. The second-order valence-electron chi connectivity index (χ2n) is 9.91. The molecule has 0 radical (unpaired) electrons. The number of allylic oxidation sites excluding steroid dienone is 1. The molecular weight excluding hydrogens is 436 g/mol. The van der Waals surface area contributed by atoms with Crippen molar-refractivity contribution in [3.63, 3.8) is 0 Å². The molecular formula is C31H62O4. The van der Waals surface area contributed by atoms with Gasteiger partial charge in [-0.2, -0.15) is 0 Å². The molecule has 4 heteroatoms. The number of ether oxygens (including phenoxy) is 4. The first-order chi connectivity index (χ1) is 17.3.